The quantitative estimate of drug-likeness (QED) is 0.779. The molecule has 0 aliphatic carbocycles. The van der Waals surface area contributed by atoms with Crippen molar-refractivity contribution in [3.05, 3.63) is 35.3 Å². The summed E-state index contributed by atoms with van der Waals surface area (Å²) in [7, 11) is 0. The third-order valence-electron chi connectivity index (χ3n) is 3.34. The Balaban J connectivity index is 2.29. The number of rotatable bonds is 7. The number of likely N-dealkylation sites (N-methyl/N-ethyl adjacent to an activating group) is 1. The second kappa shape index (κ2) is 6.86. The highest BCUT2D eigenvalue weighted by Gasteiger charge is 2.20. The largest absolute Gasteiger partial charge is 0.459 e. The predicted molar refractivity (Wildman–Crippen MR) is 78.4 cm³/mol. The van der Waals surface area contributed by atoms with Crippen LogP contribution < -0.4 is 5.32 Å². The van der Waals surface area contributed by atoms with E-state index in [0.29, 0.717) is 6.61 Å². The van der Waals surface area contributed by atoms with Crippen LogP contribution in [0, 0.1) is 12.7 Å². The average Bonchev–Trinajstić information content (AvgIpc) is 2.75. The number of hydrogen-bond donors (Lipinski definition) is 1. The number of nitrogens with one attached hydrogen (secondary N) is 1. The molecule has 2 aromatic rings. The second-order valence-electron chi connectivity index (χ2n) is 4.92. The number of furan rings is 1. The molecular formula is C16H22FNO2. The van der Waals surface area contributed by atoms with Gasteiger partial charge in [0.1, 0.15) is 17.2 Å². The molecule has 0 bridgehead atoms. The summed E-state index contributed by atoms with van der Waals surface area (Å²) in [4.78, 5) is 0. The van der Waals surface area contributed by atoms with Gasteiger partial charge in [-0.2, -0.15) is 0 Å². The molecule has 0 fully saturated rings. The van der Waals surface area contributed by atoms with Crippen LogP contribution in [0.4, 0.5) is 4.39 Å². The highest BCUT2D eigenvalue weighted by atomic mass is 19.1. The topological polar surface area (TPSA) is 34.4 Å². The van der Waals surface area contributed by atoms with E-state index in [1.54, 1.807) is 6.07 Å². The van der Waals surface area contributed by atoms with Crippen molar-refractivity contribution in [3.63, 3.8) is 0 Å². The van der Waals surface area contributed by atoms with Crippen LogP contribution >= 0.6 is 0 Å². The lowest BCUT2D eigenvalue weighted by atomic mass is 10.1. The van der Waals surface area contributed by atoms with E-state index in [0.717, 1.165) is 41.9 Å². The molecule has 110 valence electrons. The molecule has 1 atom stereocenters. The molecule has 2 rings (SSSR count). The second-order valence-corrected chi connectivity index (χ2v) is 4.92. The van der Waals surface area contributed by atoms with Crippen LogP contribution in [0.5, 0.6) is 0 Å². The van der Waals surface area contributed by atoms with Crippen LogP contribution in [0.1, 0.15) is 37.6 Å². The maximum Gasteiger partial charge on any atom is 0.134 e. The number of fused-ring (bicyclic) bond motifs is 1. The van der Waals surface area contributed by atoms with Gasteiger partial charge in [0.25, 0.3) is 0 Å². The number of hydrogen-bond acceptors (Lipinski definition) is 3. The molecule has 1 unspecified atom stereocenters. The Morgan fingerprint density at radius 2 is 2.15 bits per heavy atom. The standard InChI is InChI=1S/C16H22FNO2/c1-4-8-19-10-14(18-5-2)16-11(3)13-9-12(17)6-7-15(13)20-16/h6-7,9,14,18H,4-5,8,10H2,1-3H3. The van der Waals surface area contributed by atoms with Crippen LogP contribution in [0.25, 0.3) is 11.0 Å². The highest BCUT2D eigenvalue weighted by molar-refractivity contribution is 5.82. The summed E-state index contributed by atoms with van der Waals surface area (Å²) in [5.74, 6) is 0.596. The van der Waals surface area contributed by atoms with Crippen LogP contribution in [0.15, 0.2) is 22.6 Å². The molecule has 4 heteroatoms. The van der Waals surface area contributed by atoms with Crippen LogP contribution in [-0.2, 0) is 4.74 Å². The molecule has 1 N–H and O–H groups in total. The summed E-state index contributed by atoms with van der Waals surface area (Å²) in [6, 6.07) is 4.62. The Morgan fingerprint density at radius 1 is 1.35 bits per heavy atom. The Bertz CT molecular complexity index is 565. The van der Waals surface area contributed by atoms with Gasteiger partial charge in [-0.15, -0.1) is 0 Å². The van der Waals surface area contributed by atoms with Crippen molar-refractivity contribution >= 4 is 11.0 Å². The van der Waals surface area contributed by atoms with Crippen molar-refractivity contribution in [1.29, 1.82) is 0 Å². The third kappa shape index (κ3) is 3.19. The fourth-order valence-corrected chi connectivity index (χ4v) is 2.36. The van der Waals surface area contributed by atoms with E-state index in [4.69, 9.17) is 9.15 Å². The predicted octanol–water partition coefficient (Wildman–Crippen LogP) is 3.96. The summed E-state index contributed by atoms with van der Waals surface area (Å²) in [5.41, 5.74) is 1.70. The first-order chi connectivity index (χ1) is 9.67. The van der Waals surface area contributed by atoms with Gasteiger partial charge in [0.15, 0.2) is 0 Å². The molecule has 0 aliphatic rings. The minimum absolute atomic E-state index is 0.00186. The van der Waals surface area contributed by atoms with Gasteiger partial charge in [0.05, 0.1) is 12.6 Å². The van der Waals surface area contributed by atoms with Crippen LogP contribution in [0.3, 0.4) is 0 Å². The lowest BCUT2D eigenvalue weighted by molar-refractivity contribution is 0.106. The first kappa shape index (κ1) is 15.0. The molecule has 1 aromatic carbocycles. The molecule has 0 amide bonds. The number of benzene rings is 1. The van der Waals surface area contributed by atoms with Crippen molar-refractivity contribution in [2.75, 3.05) is 19.8 Å². The van der Waals surface area contributed by atoms with Gasteiger partial charge in [-0.25, -0.2) is 4.39 Å². The Labute approximate surface area is 119 Å². The van der Waals surface area contributed by atoms with Gasteiger partial charge < -0.3 is 14.5 Å². The van der Waals surface area contributed by atoms with Crippen molar-refractivity contribution in [2.24, 2.45) is 0 Å². The number of halogens is 1. The van der Waals surface area contributed by atoms with Crippen LogP contribution in [-0.4, -0.2) is 19.8 Å². The van der Waals surface area contributed by atoms with E-state index in [1.807, 2.05) is 13.8 Å². The lowest BCUT2D eigenvalue weighted by Gasteiger charge is -2.16. The fraction of sp³-hybridized carbons (Fsp3) is 0.500. The molecule has 0 spiro atoms. The van der Waals surface area contributed by atoms with E-state index in [1.165, 1.54) is 12.1 Å². The molecule has 0 radical (unpaired) electrons. The van der Waals surface area contributed by atoms with E-state index in [-0.39, 0.29) is 11.9 Å². The monoisotopic (exact) mass is 279 g/mol. The van der Waals surface area contributed by atoms with E-state index >= 15 is 0 Å². The van der Waals surface area contributed by atoms with E-state index in [2.05, 4.69) is 12.2 Å². The third-order valence-corrected chi connectivity index (χ3v) is 3.34. The van der Waals surface area contributed by atoms with Gasteiger partial charge >= 0.3 is 0 Å². The summed E-state index contributed by atoms with van der Waals surface area (Å²) in [6.45, 7) is 8.21. The maximum absolute atomic E-state index is 13.3. The Kier molecular flexibility index (Phi) is 5.15. The minimum atomic E-state index is -0.241. The molecule has 1 heterocycles. The molecule has 3 nitrogen and oxygen atoms in total. The van der Waals surface area contributed by atoms with Crippen molar-refractivity contribution in [2.45, 2.75) is 33.2 Å². The van der Waals surface area contributed by atoms with Gasteiger partial charge in [-0.3, -0.25) is 0 Å². The minimum Gasteiger partial charge on any atom is -0.459 e. The Morgan fingerprint density at radius 3 is 2.85 bits per heavy atom. The van der Waals surface area contributed by atoms with Crippen LogP contribution in [0.2, 0.25) is 0 Å². The fourth-order valence-electron chi connectivity index (χ4n) is 2.36. The summed E-state index contributed by atoms with van der Waals surface area (Å²) >= 11 is 0. The summed E-state index contributed by atoms with van der Waals surface area (Å²) in [5, 5.41) is 4.19. The van der Waals surface area contributed by atoms with Gasteiger partial charge in [0, 0.05) is 17.6 Å². The smallest absolute Gasteiger partial charge is 0.134 e. The van der Waals surface area contributed by atoms with Crippen molar-refractivity contribution < 1.29 is 13.5 Å². The number of ether oxygens (including phenoxy) is 1. The van der Waals surface area contributed by atoms with Gasteiger partial charge in [-0.05, 0) is 38.1 Å². The molecule has 0 saturated carbocycles. The van der Waals surface area contributed by atoms with E-state index in [9.17, 15) is 4.39 Å². The average molecular weight is 279 g/mol. The lowest BCUT2D eigenvalue weighted by Crippen LogP contribution is -2.25. The highest BCUT2D eigenvalue weighted by Crippen LogP contribution is 2.30. The first-order valence-electron chi connectivity index (χ1n) is 7.17. The normalized spacial score (nSPS) is 13.0. The molecular weight excluding hydrogens is 257 g/mol. The maximum atomic E-state index is 13.3. The first-order valence-corrected chi connectivity index (χ1v) is 7.17. The summed E-state index contributed by atoms with van der Waals surface area (Å²) in [6.07, 6.45) is 0.989. The van der Waals surface area contributed by atoms with E-state index < -0.39 is 0 Å². The Hall–Kier alpha value is -1.39. The molecule has 0 saturated heterocycles. The zero-order valence-corrected chi connectivity index (χ0v) is 12.3. The molecule has 20 heavy (non-hydrogen) atoms. The molecule has 0 aliphatic heterocycles. The molecule has 1 aromatic heterocycles. The van der Waals surface area contributed by atoms with Crippen molar-refractivity contribution in [3.8, 4) is 0 Å². The number of aryl methyl sites for hydroxylation is 1. The van der Waals surface area contributed by atoms with Gasteiger partial charge in [-0.1, -0.05) is 13.8 Å². The van der Waals surface area contributed by atoms with Crippen molar-refractivity contribution in [1.82, 2.24) is 5.32 Å². The SMILES string of the molecule is CCCOCC(NCC)c1oc2ccc(F)cc2c1C. The summed E-state index contributed by atoms with van der Waals surface area (Å²) < 4.78 is 24.9. The zero-order chi connectivity index (χ0) is 14.5. The van der Waals surface area contributed by atoms with Gasteiger partial charge in [0.2, 0.25) is 0 Å². The zero-order valence-electron chi connectivity index (χ0n) is 12.3.